The van der Waals surface area contributed by atoms with E-state index in [1.807, 2.05) is 62.4 Å². The van der Waals surface area contributed by atoms with Crippen molar-refractivity contribution in [1.82, 2.24) is 19.7 Å². The maximum absolute atomic E-state index is 13.2. The van der Waals surface area contributed by atoms with Crippen molar-refractivity contribution >= 4 is 21.6 Å². The van der Waals surface area contributed by atoms with Crippen LogP contribution >= 0.6 is 11.3 Å². The van der Waals surface area contributed by atoms with E-state index >= 15 is 0 Å². The van der Waals surface area contributed by atoms with Gasteiger partial charge in [0.15, 0.2) is 0 Å². The zero-order valence-electron chi connectivity index (χ0n) is 17.8. The minimum absolute atomic E-state index is 0.0933. The largest absolute Gasteiger partial charge is 0.497 e. The first-order chi connectivity index (χ1) is 15.5. The van der Waals surface area contributed by atoms with Crippen LogP contribution in [-0.2, 0) is 6.54 Å². The summed E-state index contributed by atoms with van der Waals surface area (Å²) < 4.78 is 12.4. The highest BCUT2D eigenvalue weighted by molar-refractivity contribution is 7.22. The molecule has 0 radical (unpaired) electrons. The van der Waals surface area contributed by atoms with Gasteiger partial charge in [-0.25, -0.2) is 4.98 Å². The van der Waals surface area contributed by atoms with Gasteiger partial charge >= 0.3 is 0 Å². The van der Waals surface area contributed by atoms with E-state index in [9.17, 15) is 4.79 Å². The first kappa shape index (κ1) is 20.1. The van der Waals surface area contributed by atoms with Crippen LogP contribution in [0.1, 0.15) is 16.7 Å². The molecule has 5 aromatic rings. The molecule has 0 aliphatic heterocycles. The summed E-state index contributed by atoms with van der Waals surface area (Å²) in [6, 6.07) is 15.6. The van der Waals surface area contributed by atoms with Gasteiger partial charge in [0.05, 0.1) is 30.2 Å². The second-order valence-corrected chi connectivity index (χ2v) is 8.55. The number of rotatable bonds is 5. The van der Waals surface area contributed by atoms with E-state index in [4.69, 9.17) is 9.26 Å². The number of thiophene rings is 1. The normalized spacial score (nSPS) is 11.2. The van der Waals surface area contributed by atoms with E-state index in [2.05, 4.69) is 15.1 Å². The minimum Gasteiger partial charge on any atom is -0.497 e. The Morgan fingerprint density at radius 3 is 2.69 bits per heavy atom. The van der Waals surface area contributed by atoms with Crippen molar-refractivity contribution in [1.29, 1.82) is 0 Å². The summed E-state index contributed by atoms with van der Waals surface area (Å²) in [5, 5.41) is 4.71. The van der Waals surface area contributed by atoms with Gasteiger partial charge in [-0.3, -0.25) is 9.36 Å². The number of fused-ring (bicyclic) bond motifs is 1. The summed E-state index contributed by atoms with van der Waals surface area (Å²) in [7, 11) is 1.63. The van der Waals surface area contributed by atoms with Crippen LogP contribution in [0.3, 0.4) is 0 Å². The Kier molecular flexibility index (Phi) is 5.07. The first-order valence-corrected chi connectivity index (χ1v) is 10.9. The van der Waals surface area contributed by atoms with Crippen LogP contribution in [0.15, 0.2) is 64.2 Å². The van der Waals surface area contributed by atoms with Crippen LogP contribution in [0, 0.1) is 13.8 Å². The molecule has 0 fully saturated rings. The van der Waals surface area contributed by atoms with Gasteiger partial charge in [-0.15, -0.1) is 11.3 Å². The molecule has 0 saturated heterocycles. The van der Waals surface area contributed by atoms with Crippen molar-refractivity contribution in [2.24, 2.45) is 0 Å². The van der Waals surface area contributed by atoms with Crippen molar-refractivity contribution in [3.8, 4) is 27.9 Å². The minimum atomic E-state index is -0.0933. The quantitative estimate of drug-likeness (QED) is 0.385. The number of benzene rings is 2. The van der Waals surface area contributed by atoms with Gasteiger partial charge in [-0.2, -0.15) is 4.98 Å². The number of aryl methyl sites for hydroxylation is 2. The summed E-state index contributed by atoms with van der Waals surface area (Å²) >= 11 is 1.39. The molecule has 8 heteroatoms. The molecule has 0 N–H and O–H groups in total. The van der Waals surface area contributed by atoms with E-state index in [0.717, 1.165) is 32.9 Å². The second-order valence-electron chi connectivity index (χ2n) is 7.55. The molecule has 0 aliphatic carbocycles. The maximum atomic E-state index is 13.2. The average molecular weight is 445 g/mol. The Morgan fingerprint density at radius 1 is 1.12 bits per heavy atom. The average Bonchev–Trinajstić information content (AvgIpc) is 3.41. The van der Waals surface area contributed by atoms with E-state index in [0.29, 0.717) is 28.5 Å². The molecule has 160 valence electrons. The number of methoxy groups -OCH3 is 1. The predicted octanol–water partition coefficient (Wildman–Crippen LogP) is 4.85. The summed E-state index contributed by atoms with van der Waals surface area (Å²) in [6.07, 6.45) is 1.58. The van der Waals surface area contributed by atoms with Crippen LogP contribution in [0.25, 0.3) is 32.4 Å². The number of nitrogens with zero attached hydrogens (tertiary/aromatic N) is 4. The third kappa shape index (κ3) is 3.58. The molecule has 7 nitrogen and oxygen atoms in total. The Morgan fingerprint density at radius 2 is 1.94 bits per heavy atom. The molecule has 0 atom stereocenters. The number of hydrogen-bond donors (Lipinski definition) is 0. The van der Waals surface area contributed by atoms with E-state index in [1.54, 1.807) is 18.0 Å². The third-order valence-corrected chi connectivity index (χ3v) is 6.51. The fourth-order valence-corrected chi connectivity index (χ4v) is 4.68. The molecule has 0 unspecified atom stereocenters. The van der Waals surface area contributed by atoms with E-state index in [-0.39, 0.29) is 5.56 Å². The Balaban J connectivity index is 1.51. The lowest BCUT2D eigenvalue weighted by molar-refractivity contribution is 0.414. The number of hydrogen-bond acceptors (Lipinski definition) is 7. The topological polar surface area (TPSA) is 83.0 Å². The van der Waals surface area contributed by atoms with Crippen LogP contribution in [0.5, 0.6) is 5.75 Å². The fourth-order valence-electron chi connectivity index (χ4n) is 3.62. The maximum Gasteiger partial charge on any atom is 0.268 e. The van der Waals surface area contributed by atoms with E-state index in [1.165, 1.54) is 11.3 Å². The Bertz CT molecular complexity index is 1480. The molecule has 0 aliphatic rings. The van der Waals surface area contributed by atoms with Crippen molar-refractivity contribution in [3.63, 3.8) is 0 Å². The molecule has 0 saturated carbocycles. The van der Waals surface area contributed by atoms with E-state index < -0.39 is 0 Å². The monoisotopic (exact) mass is 444 g/mol. The summed E-state index contributed by atoms with van der Waals surface area (Å²) in [5.41, 5.74) is 3.70. The molecule has 0 bridgehead atoms. The molecular weight excluding hydrogens is 424 g/mol. The van der Waals surface area contributed by atoms with Gasteiger partial charge in [0.1, 0.15) is 10.6 Å². The molecule has 3 aromatic heterocycles. The lowest BCUT2D eigenvalue weighted by Crippen LogP contribution is -2.21. The van der Waals surface area contributed by atoms with Gasteiger partial charge in [-0.1, -0.05) is 41.1 Å². The zero-order chi connectivity index (χ0) is 22.2. The lowest BCUT2D eigenvalue weighted by atomic mass is 10.1. The number of ether oxygens (including phenoxy) is 1. The fraction of sp³-hybridized carbons (Fsp3) is 0.167. The zero-order valence-corrected chi connectivity index (χ0v) is 18.6. The SMILES string of the molecule is COc1ccc(Cn2cnc3sc(-c4nc(-c5cccc(C)c5)no4)c(C)c3c2=O)cc1. The first-order valence-electron chi connectivity index (χ1n) is 10.1. The van der Waals surface area contributed by atoms with Crippen LogP contribution in [-0.4, -0.2) is 26.8 Å². The molecular formula is C24H20N4O3S. The molecule has 0 amide bonds. The molecule has 3 heterocycles. The van der Waals surface area contributed by atoms with Crippen molar-refractivity contribution in [3.05, 3.63) is 81.9 Å². The van der Waals surface area contributed by atoms with Crippen LogP contribution < -0.4 is 10.3 Å². The van der Waals surface area contributed by atoms with Gasteiger partial charge < -0.3 is 9.26 Å². The summed E-state index contributed by atoms with van der Waals surface area (Å²) in [5.74, 6) is 1.69. The highest BCUT2D eigenvalue weighted by atomic mass is 32.1. The predicted molar refractivity (Wildman–Crippen MR) is 124 cm³/mol. The van der Waals surface area contributed by atoms with Crippen molar-refractivity contribution in [2.75, 3.05) is 7.11 Å². The van der Waals surface area contributed by atoms with Gasteiger partial charge in [0, 0.05) is 5.56 Å². The summed E-state index contributed by atoms with van der Waals surface area (Å²) in [4.78, 5) is 23.7. The third-order valence-electron chi connectivity index (χ3n) is 5.33. The lowest BCUT2D eigenvalue weighted by Gasteiger charge is -2.06. The molecule has 0 spiro atoms. The van der Waals surface area contributed by atoms with Crippen molar-refractivity contribution < 1.29 is 9.26 Å². The summed E-state index contributed by atoms with van der Waals surface area (Å²) in [6.45, 7) is 4.34. The highest BCUT2D eigenvalue weighted by Crippen LogP contribution is 2.35. The highest BCUT2D eigenvalue weighted by Gasteiger charge is 2.20. The second kappa shape index (κ2) is 8.05. The van der Waals surface area contributed by atoms with Crippen molar-refractivity contribution in [2.45, 2.75) is 20.4 Å². The molecule has 32 heavy (non-hydrogen) atoms. The molecule has 2 aromatic carbocycles. The van der Waals surface area contributed by atoms with Gasteiger partial charge in [0.25, 0.3) is 11.4 Å². The Hall–Kier alpha value is -3.78. The standard InChI is InChI=1S/C24H20N4O3S/c1-14-5-4-6-17(11-14)21-26-22(31-27-21)20-15(2)19-23(32-20)25-13-28(24(19)29)12-16-7-9-18(30-3)10-8-16/h4-11,13H,12H2,1-3H3. The number of aromatic nitrogens is 4. The van der Waals surface area contributed by atoms with Crippen LogP contribution in [0.4, 0.5) is 0 Å². The van der Waals surface area contributed by atoms with Gasteiger partial charge in [-0.05, 0) is 43.2 Å². The smallest absolute Gasteiger partial charge is 0.268 e. The van der Waals surface area contributed by atoms with Crippen LogP contribution in [0.2, 0.25) is 0 Å². The Labute approximate surface area is 187 Å². The van der Waals surface area contributed by atoms with Gasteiger partial charge in [0.2, 0.25) is 5.82 Å². The molecule has 5 rings (SSSR count).